The fraction of sp³-hybridized carbons (Fsp3) is 0.300. The lowest BCUT2D eigenvalue weighted by Crippen LogP contribution is -2.42. The van der Waals surface area contributed by atoms with Gasteiger partial charge >= 0.3 is 0 Å². The first-order chi connectivity index (χ1) is 13.0. The van der Waals surface area contributed by atoms with Crippen molar-refractivity contribution in [3.8, 4) is 11.5 Å². The lowest BCUT2D eigenvalue weighted by Gasteiger charge is -2.30. The molecule has 27 heavy (non-hydrogen) atoms. The highest BCUT2D eigenvalue weighted by atomic mass is 16.5. The normalized spacial score (nSPS) is 13.1. The topological polar surface area (TPSA) is 71.1 Å². The number of nitrogens with one attached hydrogen (secondary N) is 1. The fourth-order valence-corrected chi connectivity index (χ4v) is 2.69. The molecule has 1 aliphatic heterocycles. The Morgan fingerprint density at radius 1 is 1.22 bits per heavy atom. The third-order valence-corrected chi connectivity index (χ3v) is 4.07. The number of likely N-dealkylation sites (N-methyl/N-ethyl adjacent to an activating group) is 1. The number of hydrogen-bond acceptors (Lipinski definition) is 5. The molecule has 7 heteroatoms. The second kappa shape index (κ2) is 8.55. The predicted molar refractivity (Wildman–Crippen MR) is 103 cm³/mol. The summed E-state index contributed by atoms with van der Waals surface area (Å²) < 4.78 is 10.9. The molecule has 2 amide bonds. The van der Waals surface area contributed by atoms with Crippen molar-refractivity contribution in [2.45, 2.75) is 0 Å². The van der Waals surface area contributed by atoms with E-state index in [-0.39, 0.29) is 25.0 Å². The van der Waals surface area contributed by atoms with E-state index in [2.05, 4.69) is 5.32 Å². The zero-order valence-electron chi connectivity index (χ0n) is 15.5. The predicted octanol–water partition coefficient (Wildman–Crippen LogP) is 1.99. The summed E-state index contributed by atoms with van der Waals surface area (Å²) in [4.78, 5) is 28.1. The van der Waals surface area contributed by atoms with E-state index in [1.54, 1.807) is 35.2 Å². The molecular formula is C20H23N3O4. The Morgan fingerprint density at radius 2 is 2.00 bits per heavy atom. The molecule has 2 aromatic rings. The Hall–Kier alpha value is -3.06. The van der Waals surface area contributed by atoms with Gasteiger partial charge in [0.05, 0.1) is 5.69 Å². The summed E-state index contributed by atoms with van der Waals surface area (Å²) in [6.07, 6.45) is 0. The summed E-state index contributed by atoms with van der Waals surface area (Å²) in [6, 6.07) is 14.4. The summed E-state index contributed by atoms with van der Waals surface area (Å²) in [7, 11) is 3.91. The van der Waals surface area contributed by atoms with Crippen LogP contribution in [0.15, 0.2) is 48.5 Å². The van der Waals surface area contributed by atoms with Crippen molar-refractivity contribution in [2.24, 2.45) is 0 Å². The van der Waals surface area contributed by atoms with Gasteiger partial charge in [-0.3, -0.25) is 9.59 Å². The number of anilines is 2. The van der Waals surface area contributed by atoms with Crippen molar-refractivity contribution < 1.29 is 19.1 Å². The number of ether oxygens (including phenoxy) is 2. The van der Waals surface area contributed by atoms with Gasteiger partial charge in [0.25, 0.3) is 11.8 Å². The van der Waals surface area contributed by atoms with Crippen LogP contribution in [0.1, 0.15) is 0 Å². The lowest BCUT2D eigenvalue weighted by molar-refractivity contribution is -0.121. The molecule has 3 rings (SSSR count). The molecule has 1 aliphatic rings. The van der Waals surface area contributed by atoms with Gasteiger partial charge in [-0.25, -0.2) is 0 Å². The van der Waals surface area contributed by atoms with Crippen molar-refractivity contribution in [1.82, 2.24) is 4.90 Å². The maximum atomic E-state index is 12.2. The molecule has 0 aromatic heterocycles. The van der Waals surface area contributed by atoms with Crippen molar-refractivity contribution in [1.29, 1.82) is 0 Å². The number of rotatable bonds is 7. The maximum Gasteiger partial charge on any atom is 0.265 e. The molecule has 0 aliphatic carbocycles. The van der Waals surface area contributed by atoms with Gasteiger partial charge in [-0.1, -0.05) is 18.2 Å². The van der Waals surface area contributed by atoms with Crippen LogP contribution in [-0.4, -0.2) is 57.1 Å². The Morgan fingerprint density at radius 3 is 2.74 bits per heavy atom. The van der Waals surface area contributed by atoms with Crippen molar-refractivity contribution in [2.75, 3.05) is 50.6 Å². The molecule has 0 fully saturated rings. The molecule has 0 saturated heterocycles. The Balaban J connectivity index is 1.66. The molecule has 0 saturated carbocycles. The minimum atomic E-state index is -0.276. The van der Waals surface area contributed by atoms with Crippen LogP contribution < -0.4 is 19.7 Å². The van der Waals surface area contributed by atoms with E-state index in [1.165, 1.54) is 0 Å². The molecule has 2 aromatic carbocycles. The summed E-state index contributed by atoms with van der Waals surface area (Å²) in [5.74, 6) is 0.890. The number of benzene rings is 2. The van der Waals surface area contributed by atoms with Gasteiger partial charge < -0.3 is 24.6 Å². The van der Waals surface area contributed by atoms with Crippen LogP contribution in [0, 0.1) is 0 Å². The maximum absolute atomic E-state index is 12.2. The molecule has 1 N–H and O–H groups in total. The molecular weight excluding hydrogens is 346 g/mol. The SMILES string of the molecule is CN(C)CCN1C(=O)COc2ccc(NC(=O)COc3ccccc3)cc21. The third-order valence-electron chi connectivity index (χ3n) is 4.07. The van der Waals surface area contributed by atoms with Gasteiger partial charge in [0.15, 0.2) is 13.2 Å². The Labute approximate surface area is 158 Å². The molecule has 7 nitrogen and oxygen atoms in total. The van der Waals surface area contributed by atoms with Crippen LogP contribution >= 0.6 is 0 Å². The summed E-state index contributed by atoms with van der Waals surface area (Å²) >= 11 is 0. The second-order valence-electron chi connectivity index (χ2n) is 6.47. The summed E-state index contributed by atoms with van der Waals surface area (Å²) in [5, 5.41) is 2.79. The fourth-order valence-electron chi connectivity index (χ4n) is 2.69. The molecule has 0 radical (unpaired) electrons. The minimum absolute atomic E-state index is 0.0249. The lowest BCUT2D eigenvalue weighted by atomic mass is 10.2. The van der Waals surface area contributed by atoms with Crippen LogP contribution in [0.25, 0.3) is 0 Å². The van der Waals surface area contributed by atoms with Crippen LogP contribution in [0.3, 0.4) is 0 Å². The zero-order chi connectivity index (χ0) is 19.2. The first-order valence-electron chi connectivity index (χ1n) is 8.72. The average molecular weight is 369 g/mol. The van der Waals surface area contributed by atoms with Gasteiger partial charge in [-0.15, -0.1) is 0 Å². The van der Waals surface area contributed by atoms with Crippen LogP contribution in [0.5, 0.6) is 11.5 Å². The van der Waals surface area contributed by atoms with E-state index in [0.717, 1.165) is 6.54 Å². The van der Waals surface area contributed by atoms with Crippen LogP contribution in [0.4, 0.5) is 11.4 Å². The van der Waals surface area contributed by atoms with Crippen molar-refractivity contribution in [3.63, 3.8) is 0 Å². The van der Waals surface area contributed by atoms with Gasteiger partial charge in [-0.05, 0) is 44.4 Å². The number of para-hydroxylation sites is 1. The number of carbonyl (C=O) groups is 2. The van der Waals surface area contributed by atoms with Crippen molar-refractivity contribution in [3.05, 3.63) is 48.5 Å². The molecule has 0 spiro atoms. The smallest absolute Gasteiger partial charge is 0.265 e. The Bertz CT molecular complexity index is 808. The highest BCUT2D eigenvalue weighted by molar-refractivity contribution is 5.99. The number of carbonyl (C=O) groups excluding carboxylic acids is 2. The quantitative estimate of drug-likeness (QED) is 0.808. The van der Waals surface area contributed by atoms with E-state index in [1.807, 2.05) is 37.2 Å². The van der Waals surface area contributed by atoms with E-state index >= 15 is 0 Å². The standard InChI is InChI=1S/C20H23N3O4/c1-22(2)10-11-23-17-12-15(8-9-18(17)27-14-20(23)25)21-19(24)13-26-16-6-4-3-5-7-16/h3-9,12H,10-11,13-14H2,1-2H3,(H,21,24). The van der Waals surface area contributed by atoms with E-state index in [4.69, 9.17) is 9.47 Å². The second-order valence-corrected chi connectivity index (χ2v) is 6.47. The average Bonchev–Trinajstić information content (AvgIpc) is 2.66. The van der Waals surface area contributed by atoms with Crippen LogP contribution in [-0.2, 0) is 9.59 Å². The third kappa shape index (κ3) is 4.98. The number of hydrogen-bond donors (Lipinski definition) is 1. The van der Waals surface area contributed by atoms with E-state index in [0.29, 0.717) is 29.4 Å². The van der Waals surface area contributed by atoms with Crippen LogP contribution in [0.2, 0.25) is 0 Å². The first-order valence-corrected chi connectivity index (χ1v) is 8.72. The Kier molecular flexibility index (Phi) is 5.93. The molecule has 1 heterocycles. The number of nitrogens with zero attached hydrogens (tertiary/aromatic N) is 2. The highest BCUT2D eigenvalue weighted by Crippen LogP contribution is 2.34. The first kappa shape index (κ1) is 18.7. The van der Waals surface area contributed by atoms with E-state index < -0.39 is 0 Å². The highest BCUT2D eigenvalue weighted by Gasteiger charge is 2.25. The molecule has 0 bridgehead atoms. The number of fused-ring (bicyclic) bond motifs is 1. The van der Waals surface area contributed by atoms with Gasteiger partial charge in [0, 0.05) is 18.8 Å². The zero-order valence-corrected chi connectivity index (χ0v) is 15.5. The van der Waals surface area contributed by atoms with E-state index in [9.17, 15) is 9.59 Å². The molecule has 142 valence electrons. The monoisotopic (exact) mass is 369 g/mol. The summed E-state index contributed by atoms with van der Waals surface area (Å²) in [6.45, 7) is 1.21. The van der Waals surface area contributed by atoms with Crippen molar-refractivity contribution >= 4 is 23.2 Å². The van der Waals surface area contributed by atoms with Gasteiger partial charge in [0.2, 0.25) is 0 Å². The largest absolute Gasteiger partial charge is 0.484 e. The minimum Gasteiger partial charge on any atom is -0.484 e. The van der Waals surface area contributed by atoms with Gasteiger partial charge in [0.1, 0.15) is 11.5 Å². The summed E-state index contributed by atoms with van der Waals surface area (Å²) in [5.41, 5.74) is 1.25. The van der Waals surface area contributed by atoms with Gasteiger partial charge in [-0.2, -0.15) is 0 Å². The number of amides is 2. The molecule has 0 atom stereocenters. The molecule has 0 unspecified atom stereocenters.